The molecule has 0 saturated carbocycles. The average Bonchev–Trinajstić information content (AvgIpc) is 2.49. The van der Waals surface area contributed by atoms with E-state index in [9.17, 15) is 0 Å². The second-order valence-electron chi connectivity index (χ2n) is 5.08. The van der Waals surface area contributed by atoms with Crippen LogP contribution in [0.1, 0.15) is 30.7 Å². The maximum Gasteiger partial charge on any atom is 0.0582 e. The molecule has 1 nitrogen and oxygen atoms in total. The Morgan fingerprint density at radius 1 is 1.06 bits per heavy atom. The van der Waals surface area contributed by atoms with Crippen molar-refractivity contribution in [3.63, 3.8) is 0 Å². The SMILES string of the molecule is Cc1cnc2c(c1)-c1ccccc1C2(C)C. The highest BCUT2D eigenvalue weighted by atomic mass is 14.7. The predicted octanol–water partition coefficient (Wildman–Crippen LogP) is 3.70. The van der Waals surface area contributed by atoms with Gasteiger partial charge in [0.1, 0.15) is 0 Å². The highest BCUT2D eigenvalue weighted by molar-refractivity contribution is 5.79. The molecule has 80 valence electrons. The Bertz CT molecular complexity index is 567. The van der Waals surface area contributed by atoms with Crippen molar-refractivity contribution in [1.29, 1.82) is 0 Å². The van der Waals surface area contributed by atoms with Gasteiger partial charge in [-0.15, -0.1) is 0 Å². The van der Waals surface area contributed by atoms with Crippen LogP contribution in [-0.2, 0) is 5.41 Å². The molecule has 3 rings (SSSR count). The Morgan fingerprint density at radius 2 is 1.81 bits per heavy atom. The van der Waals surface area contributed by atoms with Crippen molar-refractivity contribution < 1.29 is 0 Å². The zero-order valence-corrected chi connectivity index (χ0v) is 9.91. The quantitative estimate of drug-likeness (QED) is 0.644. The Balaban J connectivity index is 2.40. The molecule has 0 unspecified atom stereocenters. The third-order valence-electron chi connectivity index (χ3n) is 3.51. The van der Waals surface area contributed by atoms with E-state index >= 15 is 0 Å². The molecule has 1 aromatic heterocycles. The summed E-state index contributed by atoms with van der Waals surface area (Å²) in [4.78, 5) is 4.63. The van der Waals surface area contributed by atoms with E-state index in [2.05, 4.69) is 56.1 Å². The molecule has 1 aliphatic rings. The number of hydrogen-bond donors (Lipinski definition) is 0. The lowest BCUT2D eigenvalue weighted by molar-refractivity contribution is 0.636. The molecule has 1 heteroatoms. The molecule has 0 fully saturated rings. The van der Waals surface area contributed by atoms with Crippen LogP contribution in [0.4, 0.5) is 0 Å². The Morgan fingerprint density at radius 3 is 2.62 bits per heavy atom. The van der Waals surface area contributed by atoms with E-state index in [1.54, 1.807) is 0 Å². The summed E-state index contributed by atoms with van der Waals surface area (Å²) >= 11 is 0. The van der Waals surface area contributed by atoms with Crippen LogP contribution in [0.2, 0.25) is 0 Å². The lowest BCUT2D eigenvalue weighted by Gasteiger charge is -2.19. The summed E-state index contributed by atoms with van der Waals surface area (Å²) in [5.41, 5.74) is 6.52. The Hall–Kier alpha value is -1.63. The van der Waals surface area contributed by atoms with Crippen LogP contribution >= 0.6 is 0 Å². The topological polar surface area (TPSA) is 12.9 Å². The van der Waals surface area contributed by atoms with Gasteiger partial charge < -0.3 is 0 Å². The fourth-order valence-corrected chi connectivity index (χ4v) is 2.66. The van der Waals surface area contributed by atoms with Gasteiger partial charge in [-0.25, -0.2) is 0 Å². The van der Waals surface area contributed by atoms with E-state index in [4.69, 9.17) is 0 Å². The van der Waals surface area contributed by atoms with Gasteiger partial charge in [-0.3, -0.25) is 4.98 Å². The van der Waals surface area contributed by atoms with Gasteiger partial charge in [0.2, 0.25) is 0 Å². The van der Waals surface area contributed by atoms with E-state index in [1.807, 2.05) is 6.20 Å². The minimum atomic E-state index is 0.0413. The summed E-state index contributed by atoms with van der Waals surface area (Å²) in [5.74, 6) is 0. The summed E-state index contributed by atoms with van der Waals surface area (Å²) in [7, 11) is 0. The lowest BCUT2D eigenvalue weighted by Crippen LogP contribution is -2.16. The second kappa shape index (κ2) is 2.94. The summed E-state index contributed by atoms with van der Waals surface area (Å²) in [6.07, 6.45) is 1.96. The van der Waals surface area contributed by atoms with Crippen molar-refractivity contribution in [3.8, 4) is 11.1 Å². The molecule has 0 saturated heterocycles. The Labute approximate surface area is 96.2 Å². The number of hydrogen-bond acceptors (Lipinski definition) is 1. The molecule has 16 heavy (non-hydrogen) atoms. The monoisotopic (exact) mass is 209 g/mol. The highest BCUT2D eigenvalue weighted by Gasteiger charge is 2.36. The van der Waals surface area contributed by atoms with Gasteiger partial charge in [-0.05, 0) is 29.7 Å². The van der Waals surface area contributed by atoms with Crippen LogP contribution in [0.25, 0.3) is 11.1 Å². The van der Waals surface area contributed by atoms with Crippen LogP contribution < -0.4 is 0 Å². The van der Waals surface area contributed by atoms with Crippen LogP contribution in [-0.4, -0.2) is 4.98 Å². The van der Waals surface area contributed by atoms with E-state index in [0.29, 0.717) is 0 Å². The van der Waals surface area contributed by atoms with Crippen molar-refractivity contribution in [2.24, 2.45) is 0 Å². The number of nitrogens with zero attached hydrogens (tertiary/aromatic N) is 1. The van der Waals surface area contributed by atoms with Gasteiger partial charge in [0.15, 0.2) is 0 Å². The number of aromatic nitrogens is 1. The van der Waals surface area contributed by atoms with Gasteiger partial charge in [0.05, 0.1) is 5.69 Å². The normalized spacial score (nSPS) is 15.7. The summed E-state index contributed by atoms with van der Waals surface area (Å²) < 4.78 is 0. The van der Waals surface area contributed by atoms with Gasteiger partial charge in [-0.2, -0.15) is 0 Å². The summed E-state index contributed by atoms with van der Waals surface area (Å²) in [6, 6.07) is 10.9. The number of aryl methyl sites for hydroxylation is 1. The minimum absolute atomic E-state index is 0.0413. The van der Waals surface area contributed by atoms with Gasteiger partial charge in [-0.1, -0.05) is 38.1 Å². The molecular formula is C15H15N. The average molecular weight is 209 g/mol. The van der Waals surface area contributed by atoms with Gasteiger partial charge in [0.25, 0.3) is 0 Å². The summed E-state index contributed by atoms with van der Waals surface area (Å²) in [6.45, 7) is 6.60. The van der Waals surface area contributed by atoms with Crippen LogP contribution in [0.15, 0.2) is 36.5 Å². The Kier molecular flexibility index (Phi) is 1.76. The molecular weight excluding hydrogens is 194 g/mol. The number of benzene rings is 1. The maximum absolute atomic E-state index is 4.63. The van der Waals surface area contributed by atoms with Crippen molar-refractivity contribution in [1.82, 2.24) is 4.98 Å². The van der Waals surface area contributed by atoms with Crippen molar-refractivity contribution >= 4 is 0 Å². The first-order valence-electron chi connectivity index (χ1n) is 5.68. The minimum Gasteiger partial charge on any atom is -0.259 e. The largest absolute Gasteiger partial charge is 0.259 e. The molecule has 0 aliphatic heterocycles. The number of pyridine rings is 1. The smallest absolute Gasteiger partial charge is 0.0582 e. The molecule has 1 heterocycles. The first-order chi connectivity index (χ1) is 7.60. The van der Waals surface area contributed by atoms with Crippen molar-refractivity contribution in [3.05, 3.63) is 53.3 Å². The van der Waals surface area contributed by atoms with Gasteiger partial charge >= 0.3 is 0 Å². The van der Waals surface area contributed by atoms with Crippen molar-refractivity contribution in [2.45, 2.75) is 26.2 Å². The molecule has 0 atom stereocenters. The van der Waals surface area contributed by atoms with Crippen LogP contribution in [0.3, 0.4) is 0 Å². The van der Waals surface area contributed by atoms with E-state index in [-0.39, 0.29) is 5.41 Å². The third kappa shape index (κ3) is 1.09. The molecule has 0 bridgehead atoms. The fourth-order valence-electron chi connectivity index (χ4n) is 2.66. The second-order valence-corrected chi connectivity index (χ2v) is 5.08. The first kappa shape index (κ1) is 9.59. The standard InChI is InChI=1S/C15H15N/c1-10-8-12-11-6-4-5-7-13(11)15(2,3)14(12)16-9-10/h4-9H,1-3H3. The zero-order valence-electron chi connectivity index (χ0n) is 9.91. The number of fused-ring (bicyclic) bond motifs is 3. The highest BCUT2D eigenvalue weighted by Crippen LogP contribution is 2.47. The fraction of sp³-hybridized carbons (Fsp3) is 0.267. The molecule has 0 amide bonds. The van der Waals surface area contributed by atoms with Gasteiger partial charge in [0, 0.05) is 17.2 Å². The van der Waals surface area contributed by atoms with E-state index in [1.165, 1.54) is 27.9 Å². The van der Waals surface area contributed by atoms with Crippen LogP contribution in [0, 0.1) is 6.92 Å². The lowest BCUT2D eigenvalue weighted by atomic mass is 9.85. The molecule has 0 N–H and O–H groups in total. The van der Waals surface area contributed by atoms with Crippen molar-refractivity contribution in [2.75, 3.05) is 0 Å². The zero-order chi connectivity index (χ0) is 11.3. The summed E-state index contributed by atoms with van der Waals surface area (Å²) in [5, 5.41) is 0. The molecule has 1 aromatic carbocycles. The van der Waals surface area contributed by atoms with E-state index in [0.717, 1.165) is 0 Å². The molecule has 1 aliphatic carbocycles. The number of rotatable bonds is 0. The molecule has 0 spiro atoms. The molecule has 2 aromatic rings. The van der Waals surface area contributed by atoms with E-state index < -0.39 is 0 Å². The third-order valence-corrected chi connectivity index (χ3v) is 3.51. The maximum atomic E-state index is 4.63. The first-order valence-corrected chi connectivity index (χ1v) is 5.68. The predicted molar refractivity (Wildman–Crippen MR) is 66.5 cm³/mol. The van der Waals surface area contributed by atoms with Crippen LogP contribution in [0.5, 0.6) is 0 Å². The molecule has 0 radical (unpaired) electrons.